The smallest absolute Gasteiger partial charge is 0.340 e. The first-order valence-corrected chi connectivity index (χ1v) is 8.60. The van der Waals surface area contributed by atoms with Crippen molar-refractivity contribution in [1.29, 1.82) is 0 Å². The Morgan fingerprint density at radius 2 is 1.92 bits per heavy atom. The number of hydrogen-bond donors (Lipinski definition) is 2. The van der Waals surface area contributed by atoms with E-state index in [2.05, 4.69) is 10.3 Å². The van der Waals surface area contributed by atoms with Crippen molar-refractivity contribution in [2.75, 3.05) is 40.5 Å². The molecule has 0 bridgehead atoms. The van der Waals surface area contributed by atoms with Crippen LogP contribution in [0.1, 0.15) is 46.0 Å². The molecule has 2 N–H and O–H groups in total. The van der Waals surface area contributed by atoms with Gasteiger partial charge in [0, 0.05) is 19.3 Å². The normalized spacial score (nSPS) is 12.1. The summed E-state index contributed by atoms with van der Waals surface area (Å²) < 4.78 is 9.93. The van der Waals surface area contributed by atoms with Gasteiger partial charge in [0.1, 0.15) is 0 Å². The molecule has 0 saturated heterocycles. The zero-order valence-electron chi connectivity index (χ0n) is 16.4. The van der Waals surface area contributed by atoms with Crippen molar-refractivity contribution in [3.8, 4) is 0 Å². The molecule has 0 fully saturated rings. The minimum absolute atomic E-state index is 0.0834. The summed E-state index contributed by atoms with van der Waals surface area (Å²) in [6.45, 7) is 8.11. The second kappa shape index (κ2) is 10.1. The number of aromatic nitrogens is 1. The first-order chi connectivity index (χ1) is 12.2. The molecule has 1 rings (SSSR count). The number of esters is 1. The Kier molecular flexibility index (Phi) is 8.47. The number of Topliss-reactive ketones (excluding diaryl/α,β-unsaturated/α-hetero) is 1. The van der Waals surface area contributed by atoms with E-state index in [0.717, 1.165) is 0 Å². The fraction of sp³-hybridized carbons (Fsp3) is 0.611. The second-order valence-electron chi connectivity index (χ2n) is 6.14. The van der Waals surface area contributed by atoms with Gasteiger partial charge in [0.05, 0.1) is 37.1 Å². The van der Waals surface area contributed by atoms with Crippen molar-refractivity contribution < 1.29 is 23.9 Å². The lowest BCUT2D eigenvalue weighted by Crippen LogP contribution is -2.43. The van der Waals surface area contributed by atoms with E-state index in [-0.39, 0.29) is 24.8 Å². The van der Waals surface area contributed by atoms with Gasteiger partial charge in [-0.2, -0.15) is 0 Å². The van der Waals surface area contributed by atoms with Crippen molar-refractivity contribution in [1.82, 2.24) is 15.2 Å². The third-order valence-electron chi connectivity index (χ3n) is 4.23. The predicted octanol–water partition coefficient (Wildman–Crippen LogP) is 1.07. The third-order valence-corrected chi connectivity index (χ3v) is 4.23. The van der Waals surface area contributed by atoms with Crippen LogP contribution in [0.3, 0.4) is 0 Å². The van der Waals surface area contributed by atoms with E-state index in [4.69, 9.17) is 9.47 Å². The lowest BCUT2D eigenvalue weighted by atomic mass is 10.0. The number of amides is 1. The summed E-state index contributed by atoms with van der Waals surface area (Å²) in [6, 6.07) is -0.532. The van der Waals surface area contributed by atoms with Crippen LogP contribution in [0.2, 0.25) is 0 Å². The fourth-order valence-corrected chi connectivity index (χ4v) is 2.63. The average molecular weight is 367 g/mol. The van der Waals surface area contributed by atoms with Crippen molar-refractivity contribution in [2.24, 2.45) is 0 Å². The molecule has 0 radical (unpaired) electrons. The van der Waals surface area contributed by atoms with Gasteiger partial charge in [0.15, 0.2) is 5.78 Å². The van der Waals surface area contributed by atoms with Crippen LogP contribution >= 0.6 is 0 Å². The summed E-state index contributed by atoms with van der Waals surface area (Å²) in [5.41, 5.74) is 1.92. The van der Waals surface area contributed by atoms with Gasteiger partial charge in [-0.05, 0) is 40.3 Å². The fourth-order valence-electron chi connectivity index (χ4n) is 2.63. The molecule has 1 aromatic rings. The summed E-state index contributed by atoms with van der Waals surface area (Å²) in [6.07, 6.45) is 0. The molecule has 0 aromatic carbocycles. The summed E-state index contributed by atoms with van der Waals surface area (Å²) in [4.78, 5) is 41.4. The number of methoxy groups -OCH3 is 1. The van der Waals surface area contributed by atoms with Gasteiger partial charge in [-0.15, -0.1) is 0 Å². The predicted molar refractivity (Wildman–Crippen MR) is 97.5 cm³/mol. The van der Waals surface area contributed by atoms with Crippen molar-refractivity contribution in [2.45, 2.75) is 33.7 Å². The number of ether oxygens (including phenoxy) is 2. The Hall–Kier alpha value is -2.19. The van der Waals surface area contributed by atoms with Gasteiger partial charge in [-0.3, -0.25) is 14.5 Å². The van der Waals surface area contributed by atoms with E-state index in [0.29, 0.717) is 35.7 Å². The molecule has 1 aromatic heterocycles. The Morgan fingerprint density at radius 1 is 1.27 bits per heavy atom. The van der Waals surface area contributed by atoms with Crippen LogP contribution in [0.5, 0.6) is 0 Å². The number of hydrogen-bond acceptors (Lipinski definition) is 6. The van der Waals surface area contributed by atoms with Gasteiger partial charge < -0.3 is 19.8 Å². The molecule has 8 heteroatoms. The van der Waals surface area contributed by atoms with Gasteiger partial charge >= 0.3 is 5.97 Å². The molecule has 26 heavy (non-hydrogen) atoms. The second-order valence-corrected chi connectivity index (χ2v) is 6.14. The van der Waals surface area contributed by atoms with Crippen molar-refractivity contribution in [3.05, 3.63) is 22.5 Å². The summed E-state index contributed by atoms with van der Waals surface area (Å²) in [5, 5.41) is 2.72. The third kappa shape index (κ3) is 5.40. The van der Waals surface area contributed by atoms with Gasteiger partial charge in [-0.1, -0.05) is 0 Å². The number of nitrogens with zero attached hydrogens (tertiary/aromatic N) is 1. The van der Waals surface area contributed by atoms with Gasteiger partial charge in [0.25, 0.3) is 0 Å². The molecule has 0 aliphatic carbocycles. The molecular weight excluding hydrogens is 338 g/mol. The number of ketones is 1. The first-order valence-electron chi connectivity index (χ1n) is 8.60. The Labute approximate surface area is 154 Å². The zero-order chi connectivity index (χ0) is 19.9. The summed E-state index contributed by atoms with van der Waals surface area (Å²) >= 11 is 0. The van der Waals surface area contributed by atoms with Crippen LogP contribution in [0.4, 0.5) is 0 Å². The molecule has 8 nitrogen and oxygen atoms in total. The van der Waals surface area contributed by atoms with Crippen LogP contribution in [0, 0.1) is 13.8 Å². The lowest BCUT2D eigenvalue weighted by Gasteiger charge is -2.22. The molecule has 0 spiro atoms. The number of carbonyl (C=O) groups excluding carboxylic acids is 3. The minimum atomic E-state index is -0.532. The van der Waals surface area contributed by atoms with Crippen molar-refractivity contribution in [3.63, 3.8) is 0 Å². The first kappa shape index (κ1) is 21.9. The number of aryl methyl sites for hydroxylation is 1. The average Bonchev–Trinajstić information content (AvgIpc) is 2.88. The van der Waals surface area contributed by atoms with E-state index >= 15 is 0 Å². The van der Waals surface area contributed by atoms with Crippen LogP contribution in [-0.2, 0) is 14.3 Å². The van der Waals surface area contributed by atoms with E-state index in [1.54, 1.807) is 46.8 Å². The number of likely N-dealkylation sites (N-methyl/N-ethyl adjacent to an activating group) is 1. The highest BCUT2D eigenvalue weighted by molar-refractivity contribution is 6.03. The monoisotopic (exact) mass is 367 g/mol. The van der Waals surface area contributed by atoms with E-state index in [9.17, 15) is 14.4 Å². The number of carbonyl (C=O) groups is 3. The van der Waals surface area contributed by atoms with Crippen molar-refractivity contribution >= 4 is 17.7 Å². The standard InChI is InChI=1S/C18H29N3O5/c1-7-26-18(24)15-11(2)16(20-12(15)3)17(23)13(4)21(5)10-14(22)19-8-9-25-6/h13,20H,7-10H2,1-6H3,(H,19,22)/t13-/m0/s1. The SMILES string of the molecule is CCOC(=O)c1c(C)[nH]c(C(=O)[C@H](C)N(C)CC(=O)NCCOC)c1C. The molecule has 0 unspecified atom stereocenters. The number of aromatic amines is 1. The van der Waals surface area contributed by atoms with E-state index in [1.807, 2.05) is 0 Å². The van der Waals surface area contributed by atoms with Crippen LogP contribution in [0.25, 0.3) is 0 Å². The number of nitrogens with one attached hydrogen (secondary N) is 2. The maximum absolute atomic E-state index is 12.8. The summed E-state index contributed by atoms with van der Waals surface area (Å²) in [5.74, 6) is -0.819. The molecule has 0 saturated carbocycles. The van der Waals surface area contributed by atoms with Gasteiger partial charge in [-0.25, -0.2) is 4.79 Å². The molecular formula is C18H29N3O5. The molecule has 0 aliphatic rings. The lowest BCUT2D eigenvalue weighted by molar-refractivity contribution is -0.122. The van der Waals surface area contributed by atoms with Crippen LogP contribution in [-0.4, -0.2) is 74.0 Å². The molecule has 1 heterocycles. The van der Waals surface area contributed by atoms with Crippen LogP contribution < -0.4 is 5.32 Å². The Balaban J connectivity index is 2.83. The molecule has 1 amide bonds. The Bertz CT molecular complexity index is 653. The van der Waals surface area contributed by atoms with Crippen LogP contribution in [0.15, 0.2) is 0 Å². The summed E-state index contributed by atoms with van der Waals surface area (Å²) in [7, 11) is 3.26. The Morgan fingerprint density at radius 3 is 2.50 bits per heavy atom. The van der Waals surface area contributed by atoms with E-state index < -0.39 is 12.0 Å². The number of rotatable bonds is 10. The quantitative estimate of drug-likeness (QED) is 0.364. The molecule has 0 aliphatic heterocycles. The molecule has 146 valence electrons. The molecule has 1 atom stereocenters. The topological polar surface area (TPSA) is 101 Å². The van der Waals surface area contributed by atoms with Gasteiger partial charge in [0.2, 0.25) is 5.91 Å². The highest BCUT2D eigenvalue weighted by Gasteiger charge is 2.28. The van der Waals surface area contributed by atoms with E-state index in [1.165, 1.54) is 0 Å². The highest BCUT2D eigenvalue weighted by Crippen LogP contribution is 2.21. The minimum Gasteiger partial charge on any atom is -0.462 e. The largest absolute Gasteiger partial charge is 0.462 e. The number of H-pyrrole nitrogens is 1. The zero-order valence-corrected chi connectivity index (χ0v) is 16.4. The maximum Gasteiger partial charge on any atom is 0.340 e. The highest BCUT2D eigenvalue weighted by atomic mass is 16.5. The maximum atomic E-state index is 12.8.